The van der Waals surface area contributed by atoms with E-state index in [2.05, 4.69) is 42.9 Å². The van der Waals surface area contributed by atoms with Crippen molar-refractivity contribution < 1.29 is 4.79 Å². The van der Waals surface area contributed by atoms with Crippen LogP contribution >= 0.6 is 0 Å². The summed E-state index contributed by atoms with van der Waals surface area (Å²) in [6, 6.07) is 18.4. The third-order valence-corrected chi connectivity index (χ3v) is 2.97. The lowest BCUT2D eigenvalue weighted by Crippen LogP contribution is -2.21. The summed E-state index contributed by atoms with van der Waals surface area (Å²) < 4.78 is 0. The molecule has 0 aliphatic carbocycles. The van der Waals surface area contributed by atoms with Crippen LogP contribution in [0, 0.1) is 12.1 Å². The molecule has 0 fully saturated rings. The van der Waals surface area contributed by atoms with Crippen LogP contribution in [0.2, 0.25) is 0 Å². The van der Waals surface area contributed by atoms with Crippen LogP contribution in [0.25, 0.3) is 9.91 Å². The molecular formula is C17H18N10O+2. The first kappa shape index (κ1) is 19.6. The molecule has 0 spiro atoms. The number of hydrogen-bond acceptors (Lipinski definition) is 3. The normalized spacial score (nSPS) is 8.86. The lowest BCUT2D eigenvalue weighted by molar-refractivity contribution is 0.262. The lowest BCUT2D eigenvalue weighted by Gasteiger charge is -2.07. The fourth-order valence-corrected chi connectivity index (χ4v) is 1.83. The molecule has 10 N–H and O–H groups in total. The highest BCUT2D eigenvalue weighted by molar-refractivity contribution is 5.99. The van der Waals surface area contributed by atoms with E-state index in [1.54, 1.807) is 48.5 Å². The van der Waals surface area contributed by atoms with Gasteiger partial charge in [-0.25, -0.2) is 4.79 Å². The van der Waals surface area contributed by atoms with Crippen LogP contribution in [-0.4, -0.2) is 18.0 Å². The molecule has 0 aromatic heterocycles. The Balaban J connectivity index is 1.92. The number of nitrogens with one attached hydrogen (secondary N) is 2. The van der Waals surface area contributed by atoms with Crippen LogP contribution in [0.1, 0.15) is 11.1 Å². The molecule has 0 aliphatic heterocycles. The van der Waals surface area contributed by atoms with E-state index in [4.69, 9.17) is 22.9 Å². The SMILES string of the molecule is NC(N)=N[N+]#Cc1ccc(NC(=O)Nc2ccc(C#[N+]N=C(N)N)cc2)cc1. The number of hydrogen-bond donors (Lipinski definition) is 6. The number of rotatable bonds is 2. The molecular weight excluding hydrogens is 360 g/mol. The third-order valence-electron chi connectivity index (χ3n) is 2.97. The Kier molecular flexibility index (Phi) is 6.74. The van der Waals surface area contributed by atoms with Crippen molar-refractivity contribution >= 4 is 29.3 Å². The first-order valence-electron chi connectivity index (χ1n) is 7.80. The first-order valence-corrected chi connectivity index (χ1v) is 7.80. The molecule has 2 rings (SSSR count). The van der Waals surface area contributed by atoms with Crippen molar-refractivity contribution in [3.05, 3.63) is 69.6 Å². The number of nitrogens with two attached hydrogens (primary N) is 4. The molecule has 0 aliphatic rings. The maximum absolute atomic E-state index is 12.1. The molecule has 0 radical (unpaired) electrons. The number of amides is 2. The second-order valence-electron chi connectivity index (χ2n) is 5.21. The molecule has 140 valence electrons. The van der Waals surface area contributed by atoms with Crippen LogP contribution in [0.15, 0.2) is 58.7 Å². The van der Waals surface area contributed by atoms with Gasteiger partial charge in [-0.1, -0.05) is 0 Å². The standard InChI is InChI=1S/C17H16N10O/c18-15(19)26-22-9-11-1-5-13(6-2-11)24-17(28)25-14-7-3-12(4-8-14)10-23-27-16(20)21/h1-8H,(H8,18,19,20,21,26,27)/p+2. The van der Waals surface area contributed by atoms with E-state index in [1.165, 1.54) is 0 Å². The molecule has 2 aromatic carbocycles. The summed E-state index contributed by atoms with van der Waals surface area (Å²) in [5.74, 6) is -0.316. The number of urea groups is 1. The van der Waals surface area contributed by atoms with E-state index in [0.717, 1.165) is 0 Å². The van der Waals surface area contributed by atoms with E-state index < -0.39 is 6.03 Å². The van der Waals surface area contributed by atoms with Crippen molar-refractivity contribution in [3.63, 3.8) is 0 Å². The molecule has 11 heteroatoms. The largest absolute Gasteiger partial charge is 0.364 e. The van der Waals surface area contributed by atoms with Crippen LogP contribution < -0.4 is 33.6 Å². The second kappa shape index (κ2) is 9.65. The van der Waals surface area contributed by atoms with E-state index >= 15 is 0 Å². The van der Waals surface area contributed by atoms with Gasteiger partial charge in [-0.2, -0.15) is 0 Å². The Morgan fingerprint density at radius 3 is 1.39 bits per heavy atom. The molecule has 11 nitrogen and oxygen atoms in total. The average molecular weight is 378 g/mol. The average Bonchev–Trinajstić information content (AvgIpc) is 2.64. The number of guanidine groups is 2. The van der Waals surface area contributed by atoms with E-state index in [1.807, 2.05) is 0 Å². The fourth-order valence-electron chi connectivity index (χ4n) is 1.83. The number of carbonyl (C=O) groups excluding carboxylic acids is 1. The molecule has 2 aromatic rings. The van der Waals surface area contributed by atoms with Gasteiger partial charge in [0, 0.05) is 11.4 Å². The van der Waals surface area contributed by atoms with Crippen LogP contribution in [0.4, 0.5) is 16.2 Å². The molecule has 0 saturated carbocycles. The van der Waals surface area contributed by atoms with Crippen LogP contribution in [-0.2, 0) is 0 Å². The smallest absolute Gasteiger partial charge is 0.360 e. The summed E-state index contributed by atoms with van der Waals surface area (Å²) in [6.45, 7) is 0. The minimum Gasteiger partial charge on any atom is -0.364 e. The number of nitrogens with zero attached hydrogens (tertiary/aromatic N) is 4. The van der Waals surface area contributed by atoms with E-state index in [0.29, 0.717) is 22.5 Å². The summed E-state index contributed by atoms with van der Waals surface area (Å²) in [4.78, 5) is 19.2. The summed E-state index contributed by atoms with van der Waals surface area (Å²) >= 11 is 0. The second-order valence-corrected chi connectivity index (χ2v) is 5.21. The number of anilines is 2. The Hall–Kier alpha value is -4.77. The van der Waals surface area contributed by atoms with Gasteiger partial charge in [0.05, 0.1) is 0 Å². The van der Waals surface area contributed by atoms with Crippen molar-refractivity contribution in [1.29, 1.82) is 0 Å². The van der Waals surface area contributed by atoms with E-state index in [-0.39, 0.29) is 11.9 Å². The molecule has 0 bridgehead atoms. The highest BCUT2D eigenvalue weighted by atomic mass is 16.2. The van der Waals surface area contributed by atoms with Crippen molar-refractivity contribution in [3.8, 4) is 12.1 Å². The van der Waals surface area contributed by atoms with Crippen molar-refractivity contribution in [2.45, 2.75) is 0 Å². The predicted octanol–water partition coefficient (Wildman–Crippen LogP) is 1.07. The molecule has 0 unspecified atom stereocenters. The van der Waals surface area contributed by atoms with Gasteiger partial charge in [-0.15, -0.1) is 0 Å². The van der Waals surface area contributed by atoms with Crippen molar-refractivity contribution in [1.82, 2.24) is 0 Å². The fraction of sp³-hybridized carbons (Fsp3) is 0. The lowest BCUT2D eigenvalue weighted by atomic mass is 10.2. The highest BCUT2D eigenvalue weighted by Gasteiger charge is 2.05. The van der Waals surface area contributed by atoms with Crippen molar-refractivity contribution in [2.24, 2.45) is 33.1 Å². The summed E-state index contributed by atoms with van der Waals surface area (Å²) in [6.07, 6.45) is 0. The van der Waals surface area contributed by atoms with Crippen LogP contribution in [0.3, 0.4) is 0 Å². The topological polar surface area (TPSA) is 179 Å². The Labute approximate surface area is 160 Å². The van der Waals surface area contributed by atoms with E-state index in [9.17, 15) is 4.79 Å². The molecule has 0 saturated heterocycles. The molecule has 0 atom stereocenters. The highest BCUT2D eigenvalue weighted by Crippen LogP contribution is 2.12. The summed E-state index contributed by atoms with van der Waals surface area (Å²) in [7, 11) is 0. The van der Waals surface area contributed by atoms with Gasteiger partial charge in [-0.05, 0) is 48.5 Å². The van der Waals surface area contributed by atoms with Gasteiger partial charge in [0.2, 0.25) is 0 Å². The van der Waals surface area contributed by atoms with Crippen molar-refractivity contribution in [2.75, 3.05) is 10.6 Å². The minimum absolute atomic E-state index is 0.158. The minimum atomic E-state index is -0.406. The number of carbonyl (C=O) groups is 1. The van der Waals surface area contributed by atoms with Gasteiger partial charge in [-0.3, -0.25) is 0 Å². The summed E-state index contributed by atoms with van der Waals surface area (Å²) in [5.41, 5.74) is 23.1. The molecule has 0 heterocycles. The first-order chi connectivity index (χ1) is 13.4. The zero-order valence-corrected chi connectivity index (χ0v) is 14.6. The Morgan fingerprint density at radius 2 is 1.07 bits per heavy atom. The van der Waals surface area contributed by atoms with Gasteiger partial charge >= 0.3 is 18.2 Å². The quantitative estimate of drug-likeness (QED) is 0.259. The zero-order chi connectivity index (χ0) is 20.4. The number of benzene rings is 2. The van der Waals surface area contributed by atoms with Gasteiger partial charge in [0.1, 0.15) is 21.0 Å². The Morgan fingerprint density at radius 1 is 0.714 bits per heavy atom. The molecule has 2 amide bonds. The summed E-state index contributed by atoms with van der Waals surface area (Å²) in [5, 5.41) is 12.3. The predicted molar refractivity (Wildman–Crippen MR) is 110 cm³/mol. The van der Waals surface area contributed by atoms with Gasteiger partial charge < -0.3 is 33.6 Å². The Bertz CT molecular complexity index is 927. The van der Waals surface area contributed by atoms with Crippen LogP contribution in [0.5, 0.6) is 0 Å². The zero-order valence-electron chi connectivity index (χ0n) is 14.6. The third kappa shape index (κ3) is 7.00. The van der Waals surface area contributed by atoms with Gasteiger partial charge in [0.15, 0.2) is 10.2 Å². The molecule has 28 heavy (non-hydrogen) atoms. The van der Waals surface area contributed by atoms with Gasteiger partial charge in [0.25, 0.3) is 11.9 Å². The monoisotopic (exact) mass is 378 g/mol. The maximum Gasteiger partial charge on any atom is 0.360 e. The maximum atomic E-state index is 12.1.